The normalized spacial score (nSPS) is 11.9. The molecule has 0 unspecified atom stereocenters. The molecule has 1 aromatic rings. The molecular formula is C15H25N5O5S. The van der Waals surface area contributed by atoms with Crippen molar-refractivity contribution in [3.05, 3.63) is 28.3 Å². The minimum absolute atomic E-state index is 0.111. The van der Waals surface area contributed by atoms with Crippen LogP contribution in [0.1, 0.15) is 20.3 Å². The van der Waals surface area contributed by atoms with Crippen molar-refractivity contribution in [2.75, 3.05) is 32.0 Å². The van der Waals surface area contributed by atoms with Crippen molar-refractivity contribution in [2.24, 2.45) is 16.3 Å². The molecule has 0 saturated carbocycles. The van der Waals surface area contributed by atoms with Gasteiger partial charge in [-0.15, -0.1) is 0 Å². The molecule has 0 radical (unpaired) electrons. The number of sulfonamides is 1. The van der Waals surface area contributed by atoms with E-state index in [-0.39, 0.29) is 34.9 Å². The summed E-state index contributed by atoms with van der Waals surface area (Å²) in [5.41, 5.74) is 5.13. The van der Waals surface area contributed by atoms with Gasteiger partial charge in [0.2, 0.25) is 15.9 Å². The van der Waals surface area contributed by atoms with Crippen molar-refractivity contribution in [3.63, 3.8) is 0 Å². The van der Waals surface area contributed by atoms with E-state index in [1.807, 2.05) is 13.8 Å². The first-order chi connectivity index (χ1) is 11.9. The molecule has 1 aromatic carbocycles. The smallest absolute Gasteiger partial charge is 0.293 e. The number of primary sulfonamides is 1. The zero-order valence-electron chi connectivity index (χ0n) is 15.1. The lowest BCUT2D eigenvalue weighted by molar-refractivity contribution is -0.384. The van der Waals surface area contributed by atoms with Gasteiger partial charge >= 0.3 is 0 Å². The quantitative estimate of drug-likeness (QED) is 0.410. The Bertz CT molecular complexity index is 779. The number of rotatable bonds is 9. The maximum Gasteiger partial charge on any atom is 0.293 e. The number of nitrogens with one attached hydrogen (secondary N) is 1. The Kier molecular flexibility index (Phi) is 7.07. The van der Waals surface area contributed by atoms with E-state index < -0.39 is 20.6 Å². The number of nitro groups is 1. The number of hydrogen-bond acceptors (Lipinski definition) is 7. The summed E-state index contributed by atoms with van der Waals surface area (Å²) < 4.78 is 22.6. The van der Waals surface area contributed by atoms with Crippen LogP contribution in [0.2, 0.25) is 0 Å². The monoisotopic (exact) mass is 387 g/mol. The molecule has 0 bridgehead atoms. The minimum atomic E-state index is -4.04. The fourth-order valence-electron chi connectivity index (χ4n) is 2.28. The molecule has 1 amide bonds. The zero-order chi connectivity index (χ0) is 20.1. The first kappa shape index (κ1) is 21.8. The highest BCUT2D eigenvalue weighted by atomic mass is 32.2. The molecule has 0 saturated heterocycles. The Morgan fingerprint density at radius 2 is 2.00 bits per heavy atom. The van der Waals surface area contributed by atoms with Gasteiger partial charge in [0, 0.05) is 32.6 Å². The lowest BCUT2D eigenvalue weighted by atomic mass is 9.93. The number of hydrogen-bond donors (Lipinski definition) is 3. The minimum Gasteiger partial charge on any atom is -0.379 e. The van der Waals surface area contributed by atoms with E-state index in [0.29, 0.717) is 13.1 Å². The topological polar surface area (TPSA) is 162 Å². The molecule has 10 nitrogen and oxygen atoms in total. The van der Waals surface area contributed by atoms with Crippen molar-refractivity contribution in [2.45, 2.75) is 25.2 Å². The van der Waals surface area contributed by atoms with Crippen LogP contribution in [0.3, 0.4) is 0 Å². The molecule has 0 aliphatic heterocycles. The predicted octanol–water partition coefficient (Wildman–Crippen LogP) is 0.488. The second-order valence-electron chi connectivity index (χ2n) is 6.78. The molecule has 11 heteroatoms. The molecule has 1 rings (SSSR count). The van der Waals surface area contributed by atoms with Gasteiger partial charge < -0.3 is 16.0 Å². The third kappa shape index (κ3) is 6.24. The molecule has 0 fully saturated rings. The summed E-state index contributed by atoms with van der Waals surface area (Å²) in [6.07, 6.45) is 0.116. The van der Waals surface area contributed by atoms with Crippen LogP contribution in [0, 0.1) is 15.5 Å². The molecule has 0 aliphatic carbocycles. The first-order valence-electron chi connectivity index (χ1n) is 7.86. The van der Waals surface area contributed by atoms with Crippen LogP contribution < -0.4 is 16.2 Å². The van der Waals surface area contributed by atoms with Crippen LogP contribution in [0.25, 0.3) is 0 Å². The van der Waals surface area contributed by atoms with E-state index in [0.717, 1.165) is 6.07 Å². The molecule has 0 aliphatic rings. The highest BCUT2D eigenvalue weighted by Crippen LogP contribution is 2.27. The van der Waals surface area contributed by atoms with Crippen LogP contribution in [-0.2, 0) is 14.8 Å². The summed E-state index contributed by atoms with van der Waals surface area (Å²) in [6, 6.07) is 3.31. The van der Waals surface area contributed by atoms with Crippen molar-refractivity contribution < 1.29 is 18.1 Å². The van der Waals surface area contributed by atoms with Crippen LogP contribution in [-0.4, -0.2) is 50.8 Å². The van der Waals surface area contributed by atoms with Crippen molar-refractivity contribution in [1.29, 1.82) is 0 Å². The molecule has 26 heavy (non-hydrogen) atoms. The molecule has 0 atom stereocenters. The summed E-state index contributed by atoms with van der Waals surface area (Å²) in [5, 5.41) is 18.9. The third-order valence-corrected chi connectivity index (χ3v) is 4.70. The fourth-order valence-corrected chi connectivity index (χ4v) is 2.81. The van der Waals surface area contributed by atoms with E-state index in [9.17, 15) is 23.3 Å². The Hall–Kier alpha value is -2.24. The van der Waals surface area contributed by atoms with Gasteiger partial charge in [-0.3, -0.25) is 14.9 Å². The van der Waals surface area contributed by atoms with Gasteiger partial charge in [0.25, 0.3) is 5.69 Å². The van der Waals surface area contributed by atoms with E-state index in [2.05, 4.69) is 5.32 Å². The second kappa shape index (κ2) is 8.43. The number of carbonyl (C=O) groups is 1. The largest absolute Gasteiger partial charge is 0.379 e. The summed E-state index contributed by atoms with van der Waals surface area (Å²) in [4.78, 5) is 23.8. The maximum atomic E-state index is 12.1. The van der Waals surface area contributed by atoms with E-state index in [1.54, 1.807) is 11.9 Å². The Morgan fingerprint density at radius 1 is 1.38 bits per heavy atom. The maximum absolute atomic E-state index is 12.1. The summed E-state index contributed by atoms with van der Waals surface area (Å²) >= 11 is 0. The third-order valence-electron chi connectivity index (χ3n) is 3.79. The number of benzene rings is 1. The van der Waals surface area contributed by atoms with Gasteiger partial charge in [-0.05, 0) is 24.1 Å². The average Bonchev–Trinajstić information content (AvgIpc) is 2.53. The average molecular weight is 387 g/mol. The van der Waals surface area contributed by atoms with Crippen molar-refractivity contribution >= 4 is 27.3 Å². The number of nitrogens with zero attached hydrogens (tertiary/aromatic N) is 2. The highest BCUT2D eigenvalue weighted by molar-refractivity contribution is 7.89. The van der Waals surface area contributed by atoms with Crippen LogP contribution >= 0.6 is 0 Å². The number of amides is 1. The summed E-state index contributed by atoms with van der Waals surface area (Å²) in [6.45, 7) is 4.98. The first-order valence-corrected chi connectivity index (χ1v) is 9.41. The fraction of sp³-hybridized carbons (Fsp3) is 0.533. The van der Waals surface area contributed by atoms with Crippen LogP contribution in [0.15, 0.2) is 23.1 Å². The second-order valence-corrected chi connectivity index (χ2v) is 8.34. The van der Waals surface area contributed by atoms with E-state index in [1.165, 1.54) is 12.1 Å². The van der Waals surface area contributed by atoms with Gasteiger partial charge in [-0.25, -0.2) is 13.6 Å². The van der Waals surface area contributed by atoms with Gasteiger partial charge in [0.1, 0.15) is 5.69 Å². The molecule has 0 spiro atoms. The number of anilines is 1. The van der Waals surface area contributed by atoms with Crippen LogP contribution in [0.5, 0.6) is 0 Å². The zero-order valence-corrected chi connectivity index (χ0v) is 15.9. The highest BCUT2D eigenvalue weighted by Gasteiger charge is 2.22. The van der Waals surface area contributed by atoms with Crippen LogP contribution in [0.4, 0.5) is 11.4 Å². The van der Waals surface area contributed by atoms with Gasteiger partial charge in [-0.2, -0.15) is 0 Å². The lowest BCUT2D eigenvalue weighted by Crippen LogP contribution is -2.40. The van der Waals surface area contributed by atoms with Crippen molar-refractivity contribution in [3.8, 4) is 0 Å². The van der Waals surface area contributed by atoms with Gasteiger partial charge in [-0.1, -0.05) is 13.8 Å². The Labute approximate surface area is 152 Å². The molecule has 5 N–H and O–H groups in total. The summed E-state index contributed by atoms with van der Waals surface area (Å²) in [5.74, 6) is -0.136. The SMILES string of the molecule is CN(CC(C)(C)CN)C(=O)CCNc1ccc(S(N)(=O)=O)cc1[N+](=O)[O-]. The number of nitrogens with two attached hydrogens (primary N) is 2. The Morgan fingerprint density at radius 3 is 2.50 bits per heavy atom. The molecular weight excluding hydrogens is 362 g/mol. The van der Waals surface area contributed by atoms with Crippen molar-refractivity contribution in [1.82, 2.24) is 4.90 Å². The predicted molar refractivity (Wildman–Crippen MR) is 98.0 cm³/mol. The number of nitro benzene ring substituents is 1. The molecule has 146 valence electrons. The van der Waals surface area contributed by atoms with E-state index >= 15 is 0 Å². The van der Waals surface area contributed by atoms with Gasteiger partial charge in [0.05, 0.1) is 9.82 Å². The molecule has 0 aromatic heterocycles. The molecule has 0 heterocycles. The standard InChI is InChI=1S/C15H25N5O5S/c1-15(2,9-16)10-19(3)14(21)6-7-18-12-5-4-11(26(17,24)25)8-13(12)20(22)23/h4-5,8,18H,6-7,9-10,16H2,1-3H3,(H2,17,24,25). The summed E-state index contributed by atoms with van der Waals surface area (Å²) in [7, 11) is -2.37. The lowest BCUT2D eigenvalue weighted by Gasteiger charge is -2.29. The van der Waals surface area contributed by atoms with E-state index in [4.69, 9.17) is 10.9 Å². The number of carbonyl (C=O) groups excluding carboxylic acids is 1. The Balaban J connectivity index is 2.76. The van der Waals surface area contributed by atoms with Gasteiger partial charge in [0.15, 0.2) is 0 Å².